The van der Waals surface area contributed by atoms with Crippen molar-refractivity contribution in [3.05, 3.63) is 34.1 Å². The number of nitro groups is 1. The molecule has 0 bridgehead atoms. The number of nitro benzene ring substituents is 1. The number of nitrogens with one attached hydrogen (secondary N) is 1. The zero-order valence-corrected chi connectivity index (χ0v) is 10.5. The van der Waals surface area contributed by atoms with Crippen molar-refractivity contribution in [2.45, 2.75) is 12.8 Å². The van der Waals surface area contributed by atoms with Gasteiger partial charge in [0.05, 0.1) is 11.5 Å². The number of carbonyl (C=O) groups is 2. The Balaban J connectivity index is 2.02. The van der Waals surface area contributed by atoms with Crippen molar-refractivity contribution in [1.29, 1.82) is 0 Å². The molecule has 20 heavy (non-hydrogen) atoms. The van der Waals surface area contributed by atoms with Gasteiger partial charge in [-0.2, -0.15) is 4.39 Å². The summed E-state index contributed by atoms with van der Waals surface area (Å²) in [6.45, 7) is 0.416. The summed E-state index contributed by atoms with van der Waals surface area (Å²) in [4.78, 5) is 34.2. The Morgan fingerprint density at radius 3 is 2.85 bits per heavy atom. The largest absolute Gasteiger partial charge is 0.333 e. The van der Waals surface area contributed by atoms with Crippen LogP contribution in [0.25, 0.3) is 0 Å². The number of benzene rings is 1. The van der Waals surface area contributed by atoms with Gasteiger partial charge in [0.15, 0.2) is 0 Å². The predicted molar refractivity (Wildman–Crippen MR) is 67.5 cm³/mol. The van der Waals surface area contributed by atoms with E-state index in [1.165, 1.54) is 11.0 Å². The van der Waals surface area contributed by atoms with Crippen LogP contribution in [-0.2, 0) is 9.59 Å². The highest BCUT2D eigenvalue weighted by Gasteiger charge is 2.22. The molecule has 2 amide bonds. The molecule has 106 valence electrons. The van der Waals surface area contributed by atoms with Crippen LogP contribution in [-0.4, -0.2) is 34.7 Å². The second-order valence-electron chi connectivity index (χ2n) is 4.39. The maximum atomic E-state index is 13.1. The fourth-order valence-electron chi connectivity index (χ4n) is 1.98. The molecular formula is C12H12FN3O4. The summed E-state index contributed by atoms with van der Waals surface area (Å²) < 4.78 is 13.1. The van der Waals surface area contributed by atoms with E-state index in [2.05, 4.69) is 5.32 Å². The molecule has 0 unspecified atom stereocenters. The van der Waals surface area contributed by atoms with E-state index in [1.807, 2.05) is 0 Å². The van der Waals surface area contributed by atoms with E-state index in [1.54, 1.807) is 0 Å². The highest BCUT2D eigenvalue weighted by molar-refractivity contribution is 5.95. The predicted octanol–water partition coefficient (Wildman–Crippen LogP) is 1.29. The van der Waals surface area contributed by atoms with Crippen LogP contribution in [0.1, 0.15) is 12.8 Å². The summed E-state index contributed by atoms with van der Waals surface area (Å²) in [6.07, 6.45) is 1.14. The van der Waals surface area contributed by atoms with Crippen LogP contribution in [0.5, 0.6) is 0 Å². The molecule has 0 aliphatic carbocycles. The molecule has 0 radical (unpaired) electrons. The summed E-state index contributed by atoms with van der Waals surface area (Å²) in [7, 11) is 0. The third-order valence-corrected chi connectivity index (χ3v) is 2.93. The molecule has 1 heterocycles. The van der Waals surface area contributed by atoms with Crippen molar-refractivity contribution in [2.75, 3.05) is 18.4 Å². The summed E-state index contributed by atoms with van der Waals surface area (Å²) in [6, 6.07) is 3.08. The number of nitrogens with zero attached hydrogens (tertiary/aromatic N) is 2. The number of rotatable bonds is 4. The third-order valence-electron chi connectivity index (χ3n) is 2.93. The fourth-order valence-corrected chi connectivity index (χ4v) is 1.98. The van der Waals surface area contributed by atoms with Gasteiger partial charge in [-0.25, -0.2) is 0 Å². The van der Waals surface area contributed by atoms with Gasteiger partial charge in [0.2, 0.25) is 17.6 Å². The van der Waals surface area contributed by atoms with Gasteiger partial charge in [-0.05, 0) is 18.6 Å². The van der Waals surface area contributed by atoms with Crippen molar-refractivity contribution in [2.24, 2.45) is 0 Å². The van der Waals surface area contributed by atoms with Crippen LogP contribution in [0.2, 0.25) is 0 Å². The quantitative estimate of drug-likeness (QED) is 0.665. The minimum absolute atomic E-state index is 0.0924. The van der Waals surface area contributed by atoms with Gasteiger partial charge in [0, 0.05) is 24.7 Å². The summed E-state index contributed by atoms with van der Waals surface area (Å²) in [5.41, 5.74) is -0.588. The van der Waals surface area contributed by atoms with Gasteiger partial charge in [0.25, 0.3) is 0 Å². The van der Waals surface area contributed by atoms with Gasteiger partial charge in [-0.3, -0.25) is 19.7 Å². The molecule has 2 rings (SSSR count). The van der Waals surface area contributed by atoms with E-state index in [9.17, 15) is 24.1 Å². The molecule has 1 aliphatic rings. The van der Waals surface area contributed by atoms with E-state index in [4.69, 9.17) is 0 Å². The SMILES string of the molecule is O=C(CN1CCCC1=O)Nc1ccc(F)c([N+](=O)[O-])c1. The number of likely N-dealkylation sites (tertiary alicyclic amines) is 1. The fraction of sp³-hybridized carbons (Fsp3) is 0.333. The number of hydrogen-bond acceptors (Lipinski definition) is 4. The first-order chi connectivity index (χ1) is 9.47. The first kappa shape index (κ1) is 13.9. The number of halogens is 1. The van der Waals surface area contributed by atoms with Crippen LogP contribution < -0.4 is 5.32 Å². The van der Waals surface area contributed by atoms with Crippen LogP contribution in [0.3, 0.4) is 0 Å². The number of amides is 2. The highest BCUT2D eigenvalue weighted by atomic mass is 19.1. The van der Waals surface area contributed by atoms with Gasteiger partial charge in [-0.1, -0.05) is 0 Å². The van der Waals surface area contributed by atoms with Crippen molar-refractivity contribution in [3.8, 4) is 0 Å². The third kappa shape index (κ3) is 3.08. The Kier molecular flexibility index (Phi) is 3.92. The van der Waals surface area contributed by atoms with Crippen molar-refractivity contribution < 1.29 is 18.9 Å². The Hall–Kier alpha value is -2.51. The van der Waals surface area contributed by atoms with Crippen molar-refractivity contribution in [1.82, 2.24) is 4.90 Å². The van der Waals surface area contributed by atoms with E-state index in [-0.39, 0.29) is 18.1 Å². The number of carbonyl (C=O) groups excluding carboxylic acids is 2. The molecule has 1 aliphatic heterocycles. The van der Waals surface area contributed by atoms with Gasteiger partial charge in [-0.15, -0.1) is 0 Å². The topological polar surface area (TPSA) is 92.6 Å². The first-order valence-electron chi connectivity index (χ1n) is 5.99. The van der Waals surface area contributed by atoms with E-state index < -0.39 is 22.3 Å². The van der Waals surface area contributed by atoms with Crippen LogP contribution in [0.15, 0.2) is 18.2 Å². The smallest absolute Gasteiger partial charge is 0.306 e. The van der Waals surface area contributed by atoms with Gasteiger partial charge < -0.3 is 10.2 Å². The molecule has 0 saturated carbocycles. The molecule has 1 N–H and O–H groups in total. The highest BCUT2D eigenvalue weighted by Crippen LogP contribution is 2.21. The molecule has 0 atom stereocenters. The second kappa shape index (κ2) is 5.64. The lowest BCUT2D eigenvalue weighted by molar-refractivity contribution is -0.387. The van der Waals surface area contributed by atoms with E-state index >= 15 is 0 Å². The first-order valence-corrected chi connectivity index (χ1v) is 5.99. The average molecular weight is 281 g/mol. The van der Waals surface area contributed by atoms with E-state index in [0.717, 1.165) is 12.1 Å². The minimum Gasteiger partial charge on any atom is -0.333 e. The summed E-state index contributed by atoms with van der Waals surface area (Å²) >= 11 is 0. The Labute approximate surface area is 113 Å². The number of hydrogen-bond donors (Lipinski definition) is 1. The maximum absolute atomic E-state index is 13.1. The summed E-state index contributed by atoms with van der Waals surface area (Å²) in [5.74, 6) is -1.53. The summed E-state index contributed by atoms with van der Waals surface area (Å²) in [5, 5.41) is 13.0. The molecular weight excluding hydrogens is 269 g/mol. The molecule has 8 heteroatoms. The molecule has 0 spiro atoms. The standard InChI is InChI=1S/C12H12FN3O4/c13-9-4-3-8(6-10(9)16(19)20)14-11(17)7-15-5-1-2-12(15)18/h3-4,6H,1-2,5,7H2,(H,14,17). The Morgan fingerprint density at radius 1 is 1.50 bits per heavy atom. The Morgan fingerprint density at radius 2 is 2.25 bits per heavy atom. The zero-order chi connectivity index (χ0) is 14.7. The van der Waals surface area contributed by atoms with Gasteiger partial charge in [0.1, 0.15) is 0 Å². The zero-order valence-electron chi connectivity index (χ0n) is 10.5. The van der Waals surface area contributed by atoms with Gasteiger partial charge >= 0.3 is 5.69 Å². The maximum Gasteiger partial charge on any atom is 0.306 e. The molecule has 7 nitrogen and oxygen atoms in total. The molecule has 1 aromatic rings. The van der Waals surface area contributed by atoms with Crippen LogP contribution in [0, 0.1) is 15.9 Å². The Bertz CT molecular complexity index is 576. The second-order valence-corrected chi connectivity index (χ2v) is 4.39. The normalized spacial score (nSPS) is 14.4. The monoisotopic (exact) mass is 281 g/mol. The van der Waals surface area contributed by atoms with Crippen molar-refractivity contribution in [3.63, 3.8) is 0 Å². The lowest BCUT2D eigenvalue weighted by Gasteiger charge is -2.14. The molecule has 1 saturated heterocycles. The number of anilines is 1. The molecule has 1 fully saturated rings. The van der Waals surface area contributed by atoms with E-state index in [0.29, 0.717) is 19.4 Å². The van der Waals surface area contributed by atoms with Crippen LogP contribution >= 0.6 is 0 Å². The molecule has 0 aromatic heterocycles. The average Bonchev–Trinajstić information content (AvgIpc) is 2.77. The minimum atomic E-state index is -0.970. The van der Waals surface area contributed by atoms with Crippen LogP contribution in [0.4, 0.5) is 15.8 Å². The molecule has 1 aromatic carbocycles. The lowest BCUT2D eigenvalue weighted by atomic mass is 10.2. The van der Waals surface area contributed by atoms with Crippen molar-refractivity contribution >= 4 is 23.2 Å². The lowest BCUT2D eigenvalue weighted by Crippen LogP contribution is -2.33.